The summed E-state index contributed by atoms with van der Waals surface area (Å²) in [6, 6.07) is 66.2. The highest BCUT2D eigenvalue weighted by atomic mass is 15.2. The van der Waals surface area contributed by atoms with E-state index in [-0.39, 0.29) is 0 Å². The number of para-hydroxylation sites is 5. The molecular weight excluding hydrogens is 560 g/mol. The molecule has 0 aliphatic carbocycles. The van der Waals surface area contributed by atoms with Gasteiger partial charge in [-0.25, -0.2) is 0 Å². The third-order valence-corrected chi connectivity index (χ3v) is 8.30. The van der Waals surface area contributed by atoms with Crippen molar-refractivity contribution in [2.45, 2.75) is 0 Å². The number of nitrogens with one attached hydrogen (secondary N) is 1. The van der Waals surface area contributed by atoms with Crippen molar-refractivity contribution in [1.29, 1.82) is 0 Å². The summed E-state index contributed by atoms with van der Waals surface area (Å²) in [4.78, 5) is 6.99. The summed E-state index contributed by atoms with van der Waals surface area (Å²) in [5.41, 5.74) is 11.9. The number of benzene rings is 7. The summed E-state index contributed by atoms with van der Waals surface area (Å²) in [6.45, 7) is 0. The van der Waals surface area contributed by atoms with Crippen LogP contribution in [0.5, 0.6) is 0 Å². The summed E-state index contributed by atoms with van der Waals surface area (Å²) >= 11 is 0. The largest absolute Gasteiger partial charge is 0.352 e. The first-order valence-electron chi connectivity index (χ1n) is 15.5. The van der Waals surface area contributed by atoms with E-state index in [4.69, 9.17) is 0 Å². The molecule has 0 fully saturated rings. The van der Waals surface area contributed by atoms with Gasteiger partial charge in [-0.1, -0.05) is 91.0 Å². The van der Waals surface area contributed by atoms with Gasteiger partial charge in [0, 0.05) is 39.8 Å². The summed E-state index contributed by atoms with van der Waals surface area (Å²) < 4.78 is 0. The van der Waals surface area contributed by atoms with Crippen molar-refractivity contribution in [2.75, 3.05) is 20.0 Å². The van der Waals surface area contributed by atoms with Crippen LogP contribution in [0.2, 0.25) is 0 Å². The number of rotatable bonds is 7. The van der Waals surface area contributed by atoms with Gasteiger partial charge in [0.05, 0.1) is 22.7 Å². The molecule has 1 aliphatic heterocycles. The van der Waals surface area contributed by atoms with Crippen LogP contribution in [-0.2, 0) is 0 Å². The van der Waals surface area contributed by atoms with Crippen LogP contribution >= 0.6 is 0 Å². The predicted octanol–water partition coefficient (Wildman–Crippen LogP) is 12.2. The monoisotopic (exact) mass is 592 g/mol. The molecule has 0 atom stereocenters. The Kier molecular flexibility index (Phi) is 7.14. The van der Waals surface area contributed by atoms with Gasteiger partial charge in [0.2, 0.25) is 0 Å². The molecule has 0 bridgehead atoms. The molecule has 0 saturated heterocycles. The first-order chi connectivity index (χ1) is 22.8. The Balaban J connectivity index is 1.30. The summed E-state index contributed by atoms with van der Waals surface area (Å²) in [5, 5.41) is 3.75. The van der Waals surface area contributed by atoms with Gasteiger partial charge in [-0.15, -0.1) is 0 Å². The van der Waals surface area contributed by atoms with E-state index in [0.717, 1.165) is 62.6 Å². The lowest BCUT2D eigenvalue weighted by molar-refractivity contribution is 1.22. The fraction of sp³-hybridized carbons (Fsp3) is 0. The summed E-state index contributed by atoms with van der Waals surface area (Å²) in [5.74, 6) is 0. The maximum Gasteiger partial charge on any atom is 0.0718 e. The number of fused-ring (bicyclic) bond motifs is 2. The van der Waals surface area contributed by atoms with Crippen molar-refractivity contribution in [2.24, 2.45) is 0 Å². The second-order valence-electron chi connectivity index (χ2n) is 11.2. The molecule has 0 aromatic heterocycles. The quantitative estimate of drug-likeness (QED) is 0.199. The van der Waals surface area contributed by atoms with Gasteiger partial charge in [-0.05, 0) is 97.1 Å². The van der Waals surface area contributed by atoms with Crippen LogP contribution in [0.3, 0.4) is 0 Å². The molecule has 1 N–H and O–H groups in total. The molecule has 4 heteroatoms. The first-order valence-corrected chi connectivity index (χ1v) is 15.5. The van der Waals surface area contributed by atoms with Gasteiger partial charge in [0.25, 0.3) is 0 Å². The Hall–Kier alpha value is -6.26. The Morgan fingerprint density at radius 3 is 1.00 bits per heavy atom. The minimum atomic E-state index is 1.05. The Bertz CT molecular complexity index is 1850. The van der Waals surface area contributed by atoms with E-state index in [0.29, 0.717) is 0 Å². The molecule has 1 heterocycles. The molecule has 46 heavy (non-hydrogen) atoms. The standard InChI is InChI=1S/C42H32N4/c1-6-16-32(17-7-1)44(33-18-8-2-9-19-33)37-26-28-39-41(30-37)46(36-24-14-5-15-25-36)42-31-38(27-29-40(42)43-39)45(34-20-10-3-11-21-34)35-22-12-4-13-23-35/h1-31,43H. The van der Waals surface area contributed by atoms with Gasteiger partial charge in [-0.3, -0.25) is 0 Å². The third kappa shape index (κ3) is 5.12. The van der Waals surface area contributed by atoms with Crippen molar-refractivity contribution in [3.8, 4) is 0 Å². The normalized spacial score (nSPS) is 11.6. The zero-order valence-electron chi connectivity index (χ0n) is 25.2. The number of hydrogen-bond acceptors (Lipinski definition) is 4. The van der Waals surface area contributed by atoms with E-state index in [1.165, 1.54) is 0 Å². The molecule has 1 aliphatic rings. The molecule has 0 radical (unpaired) electrons. The van der Waals surface area contributed by atoms with Gasteiger partial charge in [0.15, 0.2) is 0 Å². The number of nitrogens with zero attached hydrogens (tertiary/aromatic N) is 3. The van der Waals surface area contributed by atoms with E-state index in [1.54, 1.807) is 0 Å². The maximum atomic E-state index is 3.75. The molecule has 7 aromatic carbocycles. The summed E-state index contributed by atoms with van der Waals surface area (Å²) in [7, 11) is 0. The highest BCUT2D eigenvalue weighted by Gasteiger charge is 2.27. The van der Waals surface area contributed by atoms with E-state index < -0.39 is 0 Å². The van der Waals surface area contributed by atoms with E-state index in [1.807, 2.05) is 0 Å². The third-order valence-electron chi connectivity index (χ3n) is 8.30. The second-order valence-corrected chi connectivity index (χ2v) is 11.2. The Labute approximate surface area is 270 Å². The van der Waals surface area contributed by atoms with Gasteiger partial charge in [0.1, 0.15) is 0 Å². The van der Waals surface area contributed by atoms with Crippen LogP contribution in [0.25, 0.3) is 0 Å². The molecule has 0 unspecified atom stereocenters. The highest BCUT2D eigenvalue weighted by molar-refractivity contribution is 6.00. The number of anilines is 11. The Morgan fingerprint density at radius 1 is 0.326 bits per heavy atom. The molecule has 0 spiro atoms. The lowest BCUT2D eigenvalue weighted by Gasteiger charge is -2.36. The lowest BCUT2D eigenvalue weighted by atomic mass is 10.0. The minimum absolute atomic E-state index is 1.05. The van der Waals surface area contributed by atoms with Crippen LogP contribution in [0.1, 0.15) is 0 Å². The highest BCUT2D eigenvalue weighted by Crippen LogP contribution is 2.51. The van der Waals surface area contributed by atoms with Crippen LogP contribution < -0.4 is 20.0 Å². The van der Waals surface area contributed by atoms with Gasteiger partial charge < -0.3 is 20.0 Å². The molecule has 4 nitrogen and oxygen atoms in total. The predicted molar refractivity (Wildman–Crippen MR) is 194 cm³/mol. The van der Waals surface area contributed by atoms with Crippen LogP contribution in [0.4, 0.5) is 62.6 Å². The molecule has 8 rings (SSSR count). The van der Waals surface area contributed by atoms with Crippen molar-refractivity contribution in [3.05, 3.63) is 188 Å². The number of hydrogen-bond donors (Lipinski definition) is 1. The average molecular weight is 593 g/mol. The van der Waals surface area contributed by atoms with Crippen LogP contribution in [-0.4, -0.2) is 0 Å². The summed E-state index contributed by atoms with van der Waals surface area (Å²) in [6.07, 6.45) is 0. The molecule has 0 saturated carbocycles. The fourth-order valence-corrected chi connectivity index (χ4v) is 6.23. The van der Waals surface area contributed by atoms with Crippen molar-refractivity contribution in [1.82, 2.24) is 0 Å². The van der Waals surface area contributed by atoms with E-state index >= 15 is 0 Å². The zero-order chi connectivity index (χ0) is 30.7. The Morgan fingerprint density at radius 2 is 0.652 bits per heavy atom. The molecule has 7 aromatic rings. The SMILES string of the molecule is c1ccc(N(c2ccccc2)c2ccc3c(c2)N(c2ccccc2)c2cc(N(c4ccccc4)c4ccccc4)ccc2N3)cc1. The second kappa shape index (κ2) is 12.0. The molecule has 0 amide bonds. The van der Waals surface area contributed by atoms with Crippen molar-refractivity contribution in [3.63, 3.8) is 0 Å². The van der Waals surface area contributed by atoms with Crippen LogP contribution in [0.15, 0.2) is 188 Å². The average Bonchev–Trinajstić information content (AvgIpc) is 3.13. The first kappa shape index (κ1) is 27.3. The van der Waals surface area contributed by atoms with Gasteiger partial charge in [-0.2, -0.15) is 0 Å². The maximum absolute atomic E-state index is 3.75. The topological polar surface area (TPSA) is 21.8 Å². The minimum Gasteiger partial charge on any atom is -0.352 e. The smallest absolute Gasteiger partial charge is 0.0718 e. The van der Waals surface area contributed by atoms with E-state index in [9.17, 15) is 0 Å². The van der Waals surface area contributed by atoms with E-state index in [2.05, 4.69) is 208 Å². The fourth-order valence-electron chi connectivity index (χ4n) is 6.23. The molecular formula is C42H32N4. The van der Waals surface area contributed by atoms with Gasteiger partial charge >= 0.3 is 0 Å². The van der Waals surface area contributed by atoms with Crippen molar-refractivity contribution >= 4 is 62.6 Å². The van der Waals surface area contributed by atoms with Crippen LogP contribution in [0, 0.1) is 0 Å². The zero-order valence-corrected chi connectivity index (χ0v) is 25.2. The lowest BCUT2D eigenvalue weighted by Crippen LogP contribution is -2.19. The van der Waals surface area contributed by atoms with Crippen molar-refractivity contribution < 1.29 is 0 Å². The molecule has 220 valence electrons.